The van der Waals surface area contributed by atoms with E-state index in [-0.39, 0.29) is 17.3 Å². The Hall–Kier alpha value is -2.18. The van der Waals surface area contributed by atoms with E-state index in [2.05, 4.69) is 10.2 Å². The number of rotatable bonds is 5. The Morgan fingerprint density at radius 1 is 1.21 bits per heavy atom. The molecule has 2 rings (SSSR count). The van der Waals surface area contributed by atoms with Crippen LogP contribution in [-0.2, 0) is 0 Å². The van der Waals surface area contributed by atoms with Gasteiger partial charge in [0, 0.05) is 18.7 Å². The third-order valence-electron chi connectivity index (χ3n) is 3.61. The molecule has 0 unspecified atom stereocenters. The van der Waals surface area contributed by atoms with Gasteiger partial charge in [0.15, 0.2) is 5.82 Å². The first-order valence-electron chi connectivity index (χ1n) is 7.02. The van der Waals surface area contributed by atoms with Crippen LogP contribution in [0.1, 0.15) is 29.3 Å². The van der Waals surface area contributed by atoms with Gasteiger partial charge in [0.1, 0.15) is 24.4 Å². The maximum atomic E-state index is 11.9. The summed E-state index contributed by atoms with van der Waals surface area (Å²) in [4.78, 5) is 23.5. The SMILES string of the molecule is CC(=O)n1c(=O)cc(C)n2c([C@H](O)[C@@H](O)[C@@H](O)[C@H](O)CO)nnc12. The first kappa shape index (κ1) is 18.2. The second kappa shape index (κ2) is 6.75. The Balaban J connectivity index is 2.56. The van der Waals surface area contributed by atoms with Gasteiger partial charge in [0.2, 0.25) is 11.7 Å². The molecule has 0 spiro atoms. The molecular formula is C13H18N4O7. The van der Waals surface area contributed by atoms with Gasteiger partial charge in [-0.1, -0.05) is 0 Å². The summed E-state index contributed by atoms with van der Waals surface area (Å²) in [5, 5.41) is 55.4. The number of aliphatic hydroxyl groups excluding tert-OH is 5. The number of nitrogens with zero attached hydrogens (tertiary/aromatic N) is 4. The molecular weight excluding hydrogens is 324 g/mol. The van der Waals surface area contributed by atoms with Crippen LogP contribution in [0.25, 0.3) is 5.78 Å². The van der Waals surface area contributed by atoms with Crippen molar-refractivity contribution in [2.24, 2.45) is 0 Å². The molecule has 0 bridgehead atoms. The van der Waals surface area contributed by atoms with Crippen LogP contribution in [0.15, 0.2) is 10.9 Å². The average molecular weight is 342 g/mol. The lowest BCUT2D eigenvalue weighted by molar-refractivity contribution is -0.118. The number of aryl methyl sites for hydroxylation is 1. The van der Waals surface area contributed by atoms with Crippen LogP contribution in [-0.4, -0.2) is 75.5 Å². The summed E-state index contributed by atoms with van der Waals surface area (Å²) in [6.45, 7) is 1.83. The molecule has 0 aromatic carbocycles. The summed E-state index contributed by atoms with van der Waals surface area (Å²) in [5.41, 5.74) is -0.340. The smallest absolute Gasteiger partial charge is 0.261 e. The summed E-state index contributed by atoms with van der Waals surface area (Å²) < 4.78 is 1.91. The van der Waals surface area contributed by atoms with E-state index >= 15 is 0 Å². The van der Waals surface area contributed by atoms with Gasteiger partial charge in [-0.3, -0.25) is 14.0 Å². The maximum absolute atomic E-state index is 11.9. The van der Waals surface area contributed by atoms with Gasteiger partial charge < -0.3 is 25.5 Å². The highest BCUT2D eigenvalue weighted by molar-refractivity contribution is 5.79. The highest BCUT2D eigenvalue weighted by Crippen LogP contribution is 2.20. The van der Waals surface area contributed by atoms with Gasteiger partial charge in [0.25, 0.3) is 5.56 Å². The first-order valence-corrected chi connectivity index (χ1v) is 7.02. The Bertz CT molecular complexity index is 814. The van der Waals surface area contributed by atoms with Crippen molar-refractivity contribution in [2.75, 3.05) is 6.61 Å². The highest BCUT2D eigenvalue weighted by Gasteiger charge is 2.34. The molecule has 5 N–H and O–H groups in total. The summed E-state index contributed by atoms with van der Waals surface area (Å²) in [6, 6.07) is 1.12. The minimum absolute atomic E-state index is 0.161. The number of aliphatic hydroxyl groups is 5. The molecule has 0 aliphatic heterocycles. The quantitative estimate of drug-likeness (QED) is 0.379. The van der Waals surface area contributed by atoms with Crippen LogP contribution in [0.2, 0.25) is 0 Å². The lowest BCUT2D eigenvalue weighted by atomic mass is 10.0. The fraction of sp³-hybridized carbons (Fsp3) is 0.538. The van der Waals surface area contributed by atoms with Crippen LogP contribution < -0.4 is 5.56 Å². The molecule has 11 heteroatoms. The Morgan fingerprint density at radius 3 is 2.38 bits per heavy atom. The molecule has 2 aromatic heterocycles. The number of carbonyl (C=O) groups is 1. The number of aromatic nitrogens is 4. The number of fused-ring (bicyclic) bond motifs is 1. The molecule has 132 valence electrons. The van der Waals surface area contributed by atoms with Gasteiger partial charge in [0.05, 0.1) is 6.61 Å². The van der Waals surface area contributed by atoms with Crippen molar-refractivity contribution < 1.29 is 30.3 Å². The molecule has 2 heterocycles. The second-order valence-corrected chi connectivity index (χ2v) is 5.35. The Kier molecular flexibility index (Phi) is 5.11. The van der Waals surface area contributed by atoms with Crippen molar-refractivity contribution in [2.45, 2.75) is 38.3 Å². The maximum Gasteiger partial charge on any atom is 0.261 e. The number of hydrogen-bond donors (Lipinski definition) is 5. The zero-order valence-corrected chi connectivity index (χ0v) is 12.9. The third kappa shape index (κ3) is 2.95. The van der Waals surface area contributed by atoms with Gasteiger partial charge >= 0.3 is 0 Å². The van der Waals surface area contributed by atoms with Crippen molar-refractivity contribution >= 4 is 11.7 Å². The predicted molar refractivity (Wildman–Crippen MR) is 78.4 cm³/mol. The monoisotopic (exact) mass is 342 g/mol. The molecule has 0 aliphatic carbocycles. The molecule has 0 saturated carbocycles. The predicted octanol–water partition coefficient (Wildman–Crippen LogP) is -3.03. The third-order valence-corrected chi connectivity index (χ3v) is 3.61. The van der Waals surface area contributed by atoms with E-state index in [0.717, 1.165) is 17.6 Å². The molecule has 0 saturated heterocycles. The van der Waals surface area contributed by atoms with Gasteiger partial charge in [-0.05, 0) is 6.92 Å². The Morgan fingerprint density at radius 2 is 1.83 bits per heavy atom. The van der Waals surface area contributed by atoms with E-state index in [4.69, 9.17) is 5.11 Å². The summed E-state index contributed by atoms with van der Waals surface area (Å²) in [6.07, 6.45) is -7.22. The van der Waals surface area contributed by atoms with Crippen molar-refractivity contribution in [3.05, 3.63) is 27.9 Å². The van der Waals surface area contributed by atoms with E-state index in [0.29, 0.717) is 0 Å². The van der Waals surface area contributed by atoms with E-state index in [1.54, 1.807) is 0 Å². The van der Waals surface area contributed by atoms with Crippen LogP contribution in [0.4, 0.5) is 0 Å². The van der Waals surface area contributed by atoms with Crippen molar-refractivity contribution in [1.82, 2.24) is 19.2 Å². The molecule has 0 fully saturated rings. The molecule has 0 radical (unpaired) electrons. The Labute approximate surface area is 135 Å². The molecule has 4 atom stereocenters. The van der Waals surface area contributed by atoms with E-state index < -0.39 is 42.5 Å². The summed E-state index contributed by atoms with van der Waals surface area (Å²) in [7, 11) is 0. The average Bonchev–Trinajstić information content (AvgIpc) is 2.96. The van der Waals surface area contributed by atoms with Crippen molar-refractivity contribution in [3.63, 3.8) is 0 Å². The zero-order valence-electron chi connectivity index (χ0n) is 12.9. The standard InChI is InChI=1S/C13H18N4O7/c1-5-3-8(21)17(6(2)19)13-15-14-12(16(5)13)11(24)10(23)9(22)7(20)4-18/h3,7,9-11,18,20,22-24H,4H2,1-2H3/t7-,9+,10+,11-/m1/s1. The first-order chi connectivity index (χ1) is 11.2. The number of hydrogen-bond acceptors (Lipinski definition) is 9. The van der Waals surface area contributed by atoms with Gasteiger partial charge in [-0.25, -0.2) is 4.57 Å². The molecule has 11 nitrogen and oxygen atoms in total. The second-order valence-electron chi connectivity index (χ2n) is 5.35. The lowest BCUT2D eigenvalue weighted by Gasteiger charge is -2.24. The minimum atomic E-state index is -1.89. The molecule has 24 heavy (non-hydrogen) atoms. The van der Waals surface area contributed by atoms with Crippen LogP contribution in [0, 0.1) is 6.92 Å². The van der Waals surface area contributed by atoms with Crippen LogP contribution in [0.3, 0.4) is 0 Å². The number of carbonyl (C=O) groups excluding carboxylic acids is 1. The summed E-state index contributed by atoms with van der Waals surface area (Å²) in [5.74, 6) is -1.02. The molecule has 2 aromatic rings. The van der Waals surface area contributed by atoms with Crippen LogP contribution in [0.5, 0.6) is 0 Å². The minimum Gasteiger partial charge on any atom is -0.394 e. The largest absolute Gasteiger partial charge is 0.394 e. The van der Waals surface area contributed by atoms with E-state index in [9.17, 15) is 30.0 Å². The highest BCUT2D eigenvalue weighted by atomic mass is 16.4. The van der Waals surface area contributed by atoms with Gasteiger partial charge in [-0.15, -0.1) is 10.2 Å². The van der Waals surface area contributed by atoms with E-state index in [1.165, 1.54) is 11.3 Å². The normalized spacial score (nSPS) is 16.8. The molecule has 0 amide bonds. The zero-order chi connectivity index (χ0) is 18.2. The van der Waals surface area contributed by atoms with Crippen LogP contribution >= 0.6 is 0 Å². The lowest BCUT2D eigenvalue weighted by Crippen LogP contribution is -2.43. The van der Waals surface area contributed by atoms with Crippen molar-refractivity contribution in [1.29, 1.82) is 0 Å². The summed E-state index contributed by atoms with van der Waals surface area (Å²) >= 11 is 0. The fourth-order valence-corrected chi connectivity index (χ4v) is 2.34. The topological polar surface area (TPSA) is 170 Å². The van der Waals surface area contributed by atoms with Crippen molar-refractivity contribution in [3.8, 4) is 0 Å². The van der Waals surface area contributed by atoms with Gasteiger partial charge in [-0.2, -0.15) is 0 Å². The molecule has 0 aliphatic rings. The van der Waals surface area contributed by atoms with E-state index in [1.807, 2.05) is 0 Å². The fourth-order valence-electron chi connectivity index (χ4n) is 2.34.